The van der Waals surface area contributed by atoms with Gasteiger partial charge in [0.15, 0.2) is 6.61 Å². The van der Waals surface area contributed by atoms with Crippen molar-refractivity contribution in [3.05, 3.63) is 29.8 Å². The zero-order valence-corrected chi connectivity index (χ0v) is 24.9. The molecule has 0 radical (unpaired) electrons. The molecule has 0 saturated heterocycles. The number of carbonyl (C=O) groups is 2. The standard InChI is InChI=1S/C30H44O8S/c1-19-7-9-22(10-8-19)39(34,35)37-18-25(32)38-24-17-28(4,15-16-31)27(33)21(3)30-13-11-20(2)29(24,5)26(30)23(36-6)12-14-30/h7-10,20-21,23-24,26,31H,11-18H2,1-6H3/t20-,21+,23-,24-,26-,28-,29+,30+/m1/s1. The number of carbonyl (C=O) groups excluding carboxylic acids is 2. The maximum absolute atomic E-state index is 14.1. The van der Waals surface area contributed by atoms with Crippen molar-refractivity contribution in [1.82, 2.24) is 0 Å². The molecule has 1 N–H and O–H groups in total. The molecule has 3 aliphatic carbocycles. The van der Waals surface area contributed by atoms with Crippen LogP contribution in [0.25, 0.3) is 0 Å². The topological polar surface area (TPSA) is 116 Å². The summed E-state index contributed by atoms with van der Waals surface area (Å²) < 4.78 is 42.7. The van der Waals surface area contributed by atoms with Crippen LogP contribution in [0.3, 0.4) is 0 Å². The number of ether oxygens (including phenoxy) is 2. The molecule has 39 heavy (non-hydrogen) atoms. The Morgan fingerprint density at radius 1 is 1.10 bits per heavy atom. The maximum Gasteiger partial charge on any atom is 0.333 e. The van der Waals surface area contributed by atoms with Crippen LogP contribution in [-0.4, -0.2) is 57.8 Å². The summed E-state index contributed by atoms with van der Waals surface area (Å²) >= 11 is 0. The second-order valence-corrected chi connectivity index (χ2v) is 14.3. The molecular formula is C30H44O8S. The molecular weight excluding hydrogens is 520 g/mol. The lowest BCUT2D eigenvalue weighted by atomic mass is 9.43. The summed E-state index contributed by atoms with van der Waals surface area (Å²) in [6, 6.07) is 6.20. The Morgan fingerprint density at radius 3 is 2.36 bits per heavy atom. The van der Waals surface area contributed by atoms with Gasteiger partial charge in [-0.2, -0.15) is 8.42 Å². The van der Waals surface area contributed by atoms with Crippen LogP contribution in [0.2, 0.25) is 0 Å². The van der Waals surface area contributed by atoms with Crippen molar-refractivity contribution in [1.29, 1.82) is 0 Å². The molecule has 3 fully saturated rings. The van der Waals surface area contributed by atoms with Crippen LogP contribution in [0.15, 0.2) is 29.2 Å². The van der Waals surface area contributed by atoms with Gasteiger partial charge >= 0.3 is 5.97 Å². The number of aliphatic hydroxyl groups excluding tert-OH is 1. The third-order valence-corrected chi connectivity index (χ3v) is 12.0. The van der Waals surface area contributed by atoms with Gasteiger partial charge in [-0.15, -0.1) is 0 Å². The minimum atomic E-state index is -4.15. The minimum absolute atomic E-state index is 0.00798. The highest BCUT2D eigenvalue weighted by molar-refractivity contribution is 7.86. The van der Waals surface area contributed by atoms with Crippen molar-refractivity contribution in [2.45, 2.75) is 90.2 Å². The lowest BCUT2D eigenvalue weighted by molar-refractivity contribution is -0.208. The van der Waals surface area contributed by atoms with Crippen LogP contribution in [0, 0.1) is 40.9 Å². The monoisotopic (exact) mass is 564 g/mol. The number of ketones is 1. The van der Waals surface area contributed by atoms with Gasteiger partial charge in [-0.1, -0.05) is 45.4 Å². The quantitative estimate of drug-likeness (QED) is 0.364. The van der Waals surface area contributed by atoms with Gasteiger partial charge in [-0.05, 0) is 68.9 Å². The summed E-state index contributed by atoms with van der Waals surface area (Å²) in [4.78, 5) is 27.3. The predicted molar refractivity (Wildman–Crippen MR) is 145 cm³/mol. The van der Waals surface area contributed by atoms with Gasteiger partial charge in [-0.3, -0.25) is 8.98 Å². The summed E-state index contributed by atoms with van der Waals surface area (Å²) in [5.74, 6) is -0.758. The molecule has 3 saturated carbocycles. The Balaban J connectivity index is 1.68. The van der Waals surface area contributed by atoms with Gasteiger partial charge in [0.1, 0.15) is 11.9 Å². The highest BCUT2D eigenvalue weighted by Crippen LogP contribution is 2.68. The molecule has 0 spiro atoms. The molecule has 4 rings (SSSR count). The molecule has 1 aromatic carbocycles. The summed E-state index contributed by atoms with van der Waals surface area (Å²) in [5, 5.41) is 9.94. The van der Waals surface area contributed by atoms with E-state index in [1.807, 2.05) is 20.8 Å². The van der Waals surface area contributed by atoms with Gasteiger partial charge in [0.2, 0.25) is 0 Å². The van der Waals surface area contributed by atoms with Crippen molar-refractivity contribution in [2.24, 2.45) is 34.0 Å². The van der Waals surface area contributed by atoms with E-state index in [1.165, 1.54) is 12.1 Å². The van der Waals surface area contributed by atoms with Crippen molar-refractivity contribution >= 4 is 21.9 Å². The Kier molecular flexibility index (Phi) is 8.41. The summed E-state index contributed by atoms with van der Waals surface area (Å²) in [7, 11) is -2.44. The molecule has 218 valence electrons. The highest BCUT2D eigenvalue weighted by atomic mass is 32.2. The van der Waals surface area contributed by atoms with Crippen molar-refractivity contribution < 1.29 is 36.8 Å². The molecule has 1 aromatic rings. The number of hydrogen-bond acceptors (Lipinski definition) is 8. The molecule has 3 aliphatic rings. The van der Waals surface area contributed by atoms with E-state index in [0.29, 0.717) is 0 Å². The smallest absolute Gasteiger partial charge is 0.333 e. The Morgan fingerprint density at radius 2 is 1.74 bits per heavy atom. The van der Waals surface area contributed by atoms with Crippen molar-refractivity contribution in [3.8, 4) is 0 Å². The van der Waals surface area contributed by atoms with Crippen LogP contribution in [0.1, 0.15) is 71.8 Å². The SMILES string of the molecule is CO[C@@H]1CC[C@@]23CC[C@@H](C)[C@@](C)([C@H](OC(=O)COS(=O)(=O)c4ccc(C)cc4)C[C@@](C)(CCO)C(=O)[C@@H]2C)[C@@H]13. The van der Waals surface area contributed by atoms with Gasteiger partial charge in [0, 0.05) is 36.4 Å². The Hall–Kier alpha value is -1.81. The first kappa shape index (κ1) is 30.2. The molecule has 8 nitrogen and oxygen atoms in total. The number of aryl methyl sites for hydroxylation is 1. The molecule has 2 bridgehead atoms. The summed E-state index contributed by atoms with van der Waals surface area (Å²) in [5.41, 5.74) is -0.798. The van der Waals surface area contributed by atoms with Gasteiger partial charge in [0.05, 0.1) is 11.0 Å². The van der Waals surface area contributed by atoms with E-state index in [0.717, 1.165) is 31.2 Å². The fourth-order valence-electron chi connectivity index (χ4n) is 8.23. The molecule has 0 amide bonds. The zero-order chi connectivity index (χ0) is 28.8. The molecule has 0 unspecified atom stereocenters. The first-order chi connectivity index (χ1) is 18.2. The van der Waals surface area contributed by atoms with E-state index in [4.69, 9.17) is 13.7 Å². The van der Waals surface area contributed by atoms with Crippen LogP contribution < -0.4 is 0 Å². The largest absolute Gasteiger partial charge is 0.460 e. The van der Waals surface area contributed by atoms with E-state index in [2.05, 4.69) is 13.8 Å². The number of hydrogen-bond donors (Lipinski definition) is 1. The first-order valence-electron chi connectivity index (χ1n) is 14.1. The molecule has 0 aliphatic heterocycles. The lowest BCUT2D eigenvalue weighted by Crippen LogP contribution is -2.63. The molecule has 0 heterocycles. The number of rotatable bonds is 8. The molecule has 0 aromatic heterocycles. The van der Waals surface area contributed by atoms with Crippen LogP contribution >= 0.6 is 0 Å². The number of Topliss-reactive ketones (excluding diaryl/α,β-unsaturated/α-hetero) is 1. The van der Waals surface area contributed by atoms with E-state index < -0.39 is 39.6 Å². The second-order valence-electron chi connectivity index (χ2n) is 12.7. The lowest BCUT2D eigenvalue weighted by Gasteiger charge is -2.61. The van der Waals surface area contributed by atoms with Crippen LogP contribution in [0.5, 0.6) is 0 Å². The average molecular weight is 565 g/mol. The van der Waals surface area contributed by atoms with E-state index in [1.54, 1.807) is 19.2 Å². The fourth-order valence-corrected chi connectivity index (χ4v) is 9.08. The van der Waals surface area contributed by atoms with Gasteiger partial charge < -0.3 is 14.6 Å². The first-order valence-corrected chi connectivity index (χ1v) is 15.5. The average Bonchev–Trinajstić information content (AvgIpc) is 3.29. The van der Waals surface area contributed by atoms with Crippen molar-refractivity contribution in [3.63, 3.8) is 0 Å². The van der Waals surface area contributed by atoms with E-state index in [9.17, 15) is 23.1 Å². The minimum Gasteiger partial charge on any atom is -0.460 e. The normalized spacial score (nSPS) is 38.5. The zero-order valence-electron chi connectivity index (χ0n) is 24.1. The highest BCUT2D eigenvalue weighted by Gasteiger charge is 2.68. The number of aliphatic hydroxyl groups is 1. The third kappa shape index (κ3) is 5.09. The third-order valence-electron chi connectivity index (χ3n) is 10.7. The molecule has 8 atom stereocenters. The van der Waals surface area contributed by atoms with Gasteiger partial charge in [-0.25, -0.2) is 4.79 Å². The van der Waals surface area contributed by atoms with Crippen molar-refractivity contribution in [2.75, 3.05) is 20.3 Å². The summed E-state index contributed by atoms with van der Waals surface area (Å²) in [6.07, 6.45) is 3.24. The number of methoxy groups -OCH3 is 1. The fraction of sp³-hybridized carbons (Fsp3) is 0.733. The number of benzene rings is 1. The Bertz CT molecular complexity index is 1180. The second kappa shape index (κ2) is 10.9. The van der Waals surface area contributed by atoms with E-state index >= 15 is 0 Å². The Labute approximate surface area is 232 Å². The maximum atomic E-state index is 14.1. The van der Waals surface area contributed by atoms with Gasteiger partial charge in [0.25, 0.3) is 10.1 Å². The van der Waals surface area contributed by atoms with Crippen LogP contribution in [0.4, 0.5) is 0 Å². The summed E-state index contributed by atoms with van der Waals surface area (Å²) in [6.45, 7) is 9.15. The number of esters is 1. The van der Waals surface area contributed by atoms with Crippen LogP contribution in [-0.2, 0) is 33.4 Å². The van der Waals surface area contributed by atoms with E-state index in [-0.39, 0.29) is 59.4 Å². The molecule has 9 heteroatoms. The predicted octanol–water partition coefficient (Wildman–Crippen LogP) is 4.46.